The van der Waals surface area contributed by atoms with E-state index >= 15 is 0 Å². The zero-order chi connectivity index (χ0) is 13.5. The third-order valence-corrected chi connectivity index (χ3v) is 2.08. The lowest BCUT2D eigenvalue weighted by Crippen LogP contribution is -2.34. The number of halogens is 1. The molecule has 4 nitrogen and oxygen atoms in total. The van der Waals surface area contributed by atoms with Crippen molar-refractivity contribution in [1.82, 2.24) is 5.32 Å². The van der Waals surface area contributed by atoms with Crippen LogP contribution in [-0.2, 0) is 20.7 Å². The Hall–Kier alpha value is -1.91. The van der Waals surface area contributed by atoms with Gasteiger partial charge in [0.15, 0.2) is 6.61 Å². The van der Waals surface area contributed by atoms with Crippen LogP contribution in [0.4, 0.5) is 4.39 Å². The van der Waals surface area contributed by atoms with Crippen LogP contribution in [0.1, 0.15) is 19.4 Å². The van der Waals surface area contributed by atoms with Crippen molar-refractivity contribution in [3.8, 4) is 0 Å². The standard InChI is InChI=1S/C13H16FNO3/c1-9(2)15-12(16)8-18-13(17)7-10-3-5-11(14)6-4-10/h3-6,9H,7-8H2,1-2H3,(H,15,16). The van der Waals surface area contributed by atoms with Crippen molar-refractivity contribution in [1.29, 1.82) is 0 Å². The highest BCUT2D eigenvalue weighted by Gasteiger charge is 2.09. The van der Waals surface area contributed by atoms with Crippen LogP contribution in [0.2, 0.25) is 0 Å². The Morgan fingerprint density at radius 3 is 2.44 bits per heavy atom. The molecule has 0 saturated heterocycles. The molecule has 1 rings (SSSR count). The second kappa shape index (κ2) is 6.74. The summed E-state index contributed by atoms with van der Waals surface area (Å²) < 4.78 is 17.4. The van der Waals surface area contributed by atoms with Crippen LogP contribution in [0, 0.1) is 5.82 Å². The molecule has 18 heavy (non-hydrogen) atoms. The van der Waals surface area contributed by atoms with Crippen LogP contribution in [0.3, 0.4) is 0 Å². The van der Waals surface area contributed by atoms with Crippen molar-refractivity contribution in [2.45, 2.75) is 26.3 Å². The Kier molecular flexibility index (Phi) is 5.30. The lowest BCUT2D eigenvalue weighted by Gasteiger charge is -2.08. The zero-order valence-electron chi connectivity index (χ0n) is 10.4. The molecular weight excluding hydrogens is 237 g/mol. The minimum atomic E-state index is -0.513. The first-order valence-corrected chi connectivity index (χ1v) is 5.67. The van der Waals surface area contributed by atoms with E-state index in [1.54, 1.807) is 0 Å². The first-order valence-electron chi connectivity index (χ1n) is 5.67. The van der Waals surface area contributed by atoms with Crippen molar-refractivity contribution in [3.05, 3.63) is 35.6 Å². The first-order chi connectivity index (χ1) is 8.47. The summed E-state index contributed by atoms with van der Waals surface area (Å²) in [4.78, 5) is 22.6. The Labute approximate surface area is 105 Å². The highest BCUT2D eigenvalue weighted by molar-refractivity contribution is 5.81. The largest absolute Gasteiger partial charge is 0.455 e. The number of hydrogen-bond acceptors (Lipinski definition) is 3. The average Bonchev–Trinajstić information content (AvgIpc) is 2.29. The lowest BCUT2D eigenvalue weighted by atomic mass is 10.1. The molecule has 1 N–H and O–H groups in total. The summed E-state index contributed by atoms with van der Waals surface area (Å²) in [7, 11) is 0. The monoisotopic (exact) mass is 253 g/mol. The smallest absolute Gasteiger partial charge is 0.310 e. The zero-order valence-corrected chi connectivity index (χ0v) is 10.4. The average molecular weight is 253 g/mol. The van der Waals surface area contributed by atoms with E-state index in [2.05, 4.69) is 5.32 Å². The molecule has 1 aromatic rings. The van der Waals surface area contributed by atoms with Gasteiger partial charge in [-0.2, -0.15) is 0 Å². The van der Waals surface area contributed by atoms with E-state index < -0.39 is 5.97 Å². The molecule has 0 saturated carbocycles. The molecule has 0 heterocycles. The van der Waals surface area contributed by atoms with Gasteiger partial charge in [0.2, 0.25) is 0 Å². The van der Waals surface area contributed by atoms with Gasteiger partial charge in [-0.25, -0.2) is 4.39 Å². The highest BCUT2D eigenvalue weighted by atomic mass is 19.1. The fourth-order valence-corrected chi connectivity index (χ4v) is 1.33. The Morgan fingerprint density at radius 1 is 1.28 bits per heavy atom. The molecule has 0 aliphatic rings. The molecule has 0 aliphatic heterocycles. The van der Waals surface area contributed by atoms with Crippen LogP contribution in [0.15, 0.2) is 24.3 Å². The van der Waals surface area contributed by atoms with Gasteiger partial charge in [0.25, 0.3) is 5.91 Å². The normalized spacial score (nSPS) is 10.2. The summed E-state index contributed by atoms with van der Waals surface area (Å²) in [6.07, 6.45) is 0.0231. The minimum absolute atomic E-state index is 0.00769. The Balaban J connectivity index is 2.34. The van der Waals surface area contributed by atoms with E-state index in [-0.39, 0.29) is 30.8 Å². The molecule has 0 bridgehead atoms. The minimum Gasteiger partial charge on any atom is -0.455 e. The van der Waals surface area contributed by atoms with Gasteiger partial charge < -0.3 is 10.1 Å². The van der Waals surface area contributed by atoms with E-state index in [0.717, 1.165) is 0 Å². The Morgan fingerprint density at radius 2 is 1.89 bits per heavy atom. The molecule has 0 radical (unpaired) electrons. The van der Waals surface area contributed by atoms with Crippen molar-refractivity contribution in [3.63, 3.8) is 0 Å². The van der Waals surface area contributed by atoms with Crippen LogP contribution in [0.5, 0.6) is 0 Å². The third kappa shape index (κ3) is 5.43. The van der Waals surface area contributed by atoms with Crippen LogP contribution in [-0.4, -0.2) is 24.5 Å². The summed E-state index contributed by atoms with van der Waals surface area (Å²) in [5, 5.41) is 2.60. The Bertz CT molecular complexity index is 415. The second-order valence-corrected chi connectivity index (χ2v) is 4.19. The van der Waals surface area contributed by atoms with Crippen molar-refractivity contribution < 1.29 is 18.7 Å². The highest BCUT2D eigenvalue weighted by Crippen LogP contribution is 2.04. The molecule has 0 aromatic heterocycles. The van der Waals surface area contributed by atoms with Gasteiger partial charge in [0.1, 0.15) is 5.82 Å². The summed E-state index contributed by atoms with van der Waals surface area (Å²) in [5.41, 5.74) is 0.644. The molecule has 0 aliphatic carbocycles. The summed E-state index contributed by atoms with van der Waals surface area (Å²) in [6.45, 7) is 3.34. The summed E-state index contributed by atoms with van der Waals surface area (Å²) in [5.74, 6) is -1.21. The first kappa shape index (κ1) is 14.2. The third-order valence-electron chi connectivity index (χ3n) is 2.08. The van der Waals surface area contributed by atoms with Crippen molar-refractivity contribution in [2.75, 3.05) is 6.61 Å². The number of amides is 1. The number of hydrogen-bond donors (Lipinski definition) is 1. The molecule has 98 valence electrons. The fraction of sp³-hybridized carbons (Fsp3) is 0.385. The molecule has 0 spiro atoms. The van der Waals surface area contributed by atoms with Gasteiger partial charge in [-0.05, 0) is 31.5 Å². The number of carbonyl (C=O) groups excluding carboxylic acids is 2. The van der Waals surface area contributed by atoms with Gasteiger partial charge in [-0.3, -0.25) is 9.59 Å². The van der Waals surface area contributed by atoms with Crippen molar-refractivity contribution >= 4 is 11.9 Å². The molecule has 0 fully saturated rings. The molecular formula is C13H16FNO3. The van der Waals surface area contributed by atoms with Gasteiger partial charge in [0.05, 0.1) is 6.42 Å². The molecule has 0 unspecified atom stereocenters. The van der Waals surface area contributed by atoms with Crippen LogP contribution in [0.25, 0.3) is 0 Å². The number of rotatable bonds is 5. The second-order valence-electron chi connectivity index (χ2n) is 4.19. The molecule has 0 atom stereocenters. The topological polar surface area (TPSA) is 55.4 Å². The lowest BCUT2D eigenvalue weighted by molar-refractivity contribution is -0.148. The van der Waals surface area contributed by atoms with E-state index in [9.17, 15) is 14.0 Å². The predicted molar refractivity (Wildman–Crippen MR) is 64.3 cm³/mol. The van der Waals surface area contributed by atoms with Crippen LogP contribution < -0.4 is 5.32 Å². The fourth-order valence-electron chi connectivity index (χ4n) is 1.33. The number of carbonyl (C=O) groups is 2. The quantitative estimate of drug-likeness (QED) is 0.808. The number of ether oxygens (including phenoxy) is 1. The number of benzene rings is 1. The van der Waals surface area contributed by atoms with E-state index in [1.165, 1.54) is 24.3 Å². The van der Waals surface area contributed by atoms with E-state index in [1.807, 2.05) is 13.8 Å². The van der Waals surface area contributed by atoms with Gasteiger partial charge in [-0.15, -0.1) is 0 Å². The summed E-state index contributed by atoms with van der Waals surface area (Å²) in [6, 6.07) is 5.56. The molecule has 1 amide bonds. The molecule has 1 aromatic carbocycles. The van der Waals surface area contributed by atoms with E-state index in [4.69, 9.17) is 4.74 Å². The maximum Gasteiger partial charge on any atom is 0.310 e. The SMILES string of the molecule is CC(C)NC(=O)COC(=O)Cc1ccc(F)cc1. The van der Waals surface area contributed by atoms with Crippen LogP contribution >= 0.6 is 0 Å². The number of esters is 1. The predicted octanol–water partition coefficient (Wildman–Crippen LogP) is 1.44. The molecule has 5 heteroatoms. The van der Waals surface area contributed by atoms with Gasteiger partial charge in [0, 0.05) is 6.04 Å². The summed E-state index contributed by atoms with van der Waals surface area (Å²) >= 11 is 0. The maximum atomic E-state index is 12.6. The van der Waals surface area contributed by atoms with E-state index in [0.29, 0.717) is 5.56 Å². The van der Waals surface area contributed by atoms with Gasteiger partial charge >= 0.3 is 5.97 Å². The van der Waals surface area contributed by atoms with Crippen molar-refractivity contribution in [2.24, 2.45) is 0 Å². The van der Waals surface area contributed by atoms with Gasteiger partial charge in [-0.1, -0.05) is 12.1 Å². The maximum absolute atomic E-state index is 12.6. The number of nitrogens with one attached hydrogen (secondary N) is 1.